The molecule has 1 spiro atoms. The Labute approximate surface area is 133 Å². The number of halogens is 2. The fourth-order valence-electron chi connectivity index (χ4n) is 4.08. The smallest absolute Gasteiger partial charge is 0.323 e. The maximum absolute atomic E-state index is 13.5. The van der Waals surface area contributed by atoms with Crippen LogP contribution < -0.4 is 0 Å². The molecular weight excluding hydrogens is 304 g/mol. The Morgan fingerprint density at radius 1 is 1.17 bits per heavy atom. The second kappa shape index (κ2) is 5.91. The van der Waals surface area contributed by atoms with Crippen molar-refractivity contribution in [1.82, 2.24) is 4.90 Å². The molecule has 124 valence electrons. The summed E-state index contributed by atoms with van der Waals surface area (Å²) < 4.78 is 27.0. The largest absolute Gasteiger partial charge is 0.480 e. The Hall–Kier alpha value is -1.98. The maximum atomic E-state index is 13.5. The molecule has 1 aromatic carbocycles. The van der Waals surface area contributed by atoms with Gasteiger partial charge in [0.05, 0.1) is 6.04 Å². The van der Waals surface area contributed by atoms with E-state index in [1.165, 1.54) is 17.0 Å². The van der Waals surface area contributed by atoms with Crippen LogP contribution in [0.25, 0.3) is 0 Å². The summed E-state index contributed by atoms with van der Waals surface area (Å²) >= 11 is 0. The highest BCUT2D eigenvalue weighted by Gasteiger charge is 2.49. The molecule has 23 heavy (non-hydrogen) atoms. The number of piperidine rings is 1. The molecule has 0 bridgehead atoms. The van der Waals surface area contributed by atoms with E-state index in [0.29, 0.717) is 18.4 Å². The highest BCUT2D eigenvalue weighted by molar-refractivity contribution is 5.87. The minimum Gasteiger partial charge on any atom is -0.480 e. The quantitative estimate of drug-likeness (QED) is 0.929. The third-order valence-corrected chi connectivity index (χ3v) is 5.12. The number of carboxylic acid groups (broad SMARTS) is 1. The lowest BCUT2D eigenvalue weighted by atomic mass is 9.74. The van der Waals surface area contributed by atoms with E-state index < -0.39 is 35.6 Å². The van der Waals surface area contributed by atoms with Gasteiger partial charge in [-0.25, -0.2) is 8.78 Å². The van der Waals surface area contributed by atoms with Crippen LogP contribution in [0.3, 0.4) is 0 Å². The third kappa shape index (κ3) is 2.94. The van der Waals surface area contributed by atoms with Gasteiger partial charge in [0.2, 0.25) is 5.91 Å². The molecule has 0 aromatic heterocycles. The molecule has 1 atom stereocenters. The van der Waals surface area contributed by atoms with Crippen LogP contribution >= 0.6 is 0 Å². The molecule has 1 N–H and O–H groups in total. The van der Waals surface area contributed by atoms with Crippen LogP contribution in [-0.4, -0.2) is 28.4 Å². The fraction of sp³-hybridized carbons (Fsp3) is 0.529. The molecule has 3 rings (SSSR count). The van der Waals surface area contributed by atoms with E-state index in [1.54, 1.807) is 0 Å². The number of likely N-dealkylation sites (tertiary alicyclic amines) is 1. The normalized spacial score (nSPS) is 23.5. The molecular formula is C17H19F2NO3. The lowest BCUT2D eigenvalue weighted by Crippen LogP contribution is -2.50. The van der Waals surface area contributed by atoms with E-state index in [9.17, 15) is 18.4 Å². The summed E-state index contributed by atoms with van der Waals surface area (Å²) in [4.78, 5) is 25.4. The first-order valence-electron chi connectivity index (χ1n) is 7.90. The number of carbonyl (C=O) groups is 2. The Bertz CT molecular complexity index is 620. The molecule has 1 aliphatic heterocycles. The number of carboxylic acids is 1. The maximum Gasteiger partial charge on any atom is 0.323 e. The lowest BCUT2D eigenvalue weighted by molar-refractivity contribution is -0.157. The van der Waals surface area contributed by atoms with E-state index in [0.717, 1.165) is 31.7 Å². The van der Waals surface area contributed by atoms with Gasteiger partial charge in [-0.3, -0.25) is 9.59 Å². The standard InChI is InChI=1S/C17H19F2NO3/c18-12-7-11(8-13(19)9-12)14-3-6-17(4-1-2-5-17)16(23)20(14)10-15(21)22/h7-9,14H,1-6,10H2,(H,21,22)/t14-/m0/s1. The Morgan fingerprint density at radius 2 is 1.78 bits per heavy atom. The van der Waals surface area contributed by atoms with E-state index in [2.05, 4.69) is 0 Å². The third-order valence-electron chi connectivity index (χ3n) is 5.12. The van der Waals surface area contributed by atoms with Gasteiger partial charge in [0, 0.05) is 11.5 Å². The van der Waals surface area contributed by atoms with Gasteiger partial charge in [0.25, 0.3) is 0 Å². The summed E-state index contributed by atoms with van der Waals surface area (Å²) in [5.74, 6) is -2.73. The van der Waals surface area contributed by atoms with Crippen molar-refractivity contribution in [3.05, 3.63) is 35.4 Å². The first-order chi connectivity index (χ1) is 10.9. The number of hydrogen-bond acceptors (Lipinski definition) is 2. The first kappa shape index (κ1) is 15.9. The summed E-state index contributed by atoms with van der Waals surface area (Å²) in [5.41, 5.74) is -0.150. The van der Waals surface area contributed by atoms with Crippen LogP contribution in [0.15, 0.2) is 18.2 Å². The molecule has 2 fully saturated rings. The van der Waals surface area contributed by atoms with Crippen molar-refractivity contribution in [2.75, 3.05) is 6.54 Å². The van der Waals surface area contributed by atoms with Crippen LogP contribution in [0.1, 0.15) is 50.1 Å². The zero-order chi connectivity index (χ0) is 16.6. The minimum atomic E-state index is -1.12. The number of nitrogens with zero attached hydrogens (tertiary/aromatic N) is 1. The Balaban J connectivity index is 1.95. The van der Waals surface area contributed by atoms with Crippen molar-refractivity contribution >= 4 is 11.9 Å². The van der Waals surface area contributed by atoms with Gasteiger partial charge in [-0.15, -0.1) is 0 Å². The SMILES string of the molecule is O=C(O)CN1C(=O)C2(CCCC2)CC[C@H]1c1cc(F)cc(F)c1. The van der Waals surface area contributed by atoms with Gasteiger partial charge in [0.1, 0.15) is 18.2 Å². The highest BCUT2D eigenvalue weighted by atomic mass is 19.1. The van der Waals surface area contributed by atoms with Crippen molar-refractivity contribution in [3.8, 4) is 0 Å². The van der Waals surface area contributed by atoms with E-state index in [4.69, 9.17) is 5.11 Å². The first-order valence-corrected chi connectivity index (χ1v) is 7.90. The van der Waals surface area contributed by atoms with Crippen molar-refractivity contribution in [2.24, 2.45) is 5.41 Å². The number of carbonyl (C=O) groups excluding carboxylic acids is 1. The van der Waals surface area contributed by atoms with Crippen LogP contribution in [0.2, 0.25) is 0 Å². The molecule has 6 heteroatoms. The summed E-state index contributed by atoms with van der Waals surface area (Å²) in [6, 6.07) is 2.55. The zero-order valence-corrected chi connectivity index (χ0v) is 12.7. The van der Waals surface area contributed by atoms with Gasteiger partial charge < -0.3 is 10.0 Å². The summed E-state index contributed by atoms with van der Waals surface area (Å²) in [7, 11) is 0. The average molecular weight is 323 g/mol. The zero-order valence-electron chi connectivity index (χ0n) is 12.7. The van der Waals surface area contributed by atoms with E-state index in [-0.39, 0.29) is 5.91 Å². The predicted molar refractivity (Wildman–Crippen MR) is 78.6 cm³/mol. The average Bonchev–Trinajstić information content (AvgIpc) is 2.92. The molecule has 2 aliphatic rings. The number of benzene rings is 1. The van der Waals surface area contributed by atoms with Crippen LogP contribution in [0.4, 0.5) is 8.78 Å². The summed E-state index contributed by atoms with van der Waals surface area (Å²) in [6.45, 7) is -0.441. The van der Waals surface area contributed by atoms with Crippen molar-refractivity contribution < 1.29 is 23.5 Å². The molecule has 1 aliphatic carbocycles. The molecule has 0 unspecified atom stereocenters. The number of rotatable bonds is 3. The molecule has 1 heterocycles. The molecule has 1 aromatic rings. The Kier molecular flexibility index (Phi) is 4.08. The van der Waals surface area contributed by atoms with E-state index in [1.807, 2.05) is 0 Å². The van der Waals surface area contributed by atoms with Crippen LogP contribution in [0.5, 0.6) is 0 Å². The second-order valence-corrected chi connectivity index (χ2v) is 6.57. The molecule has 4 nitrogen and oxygen atoms in total. The number of amides is 1. The second-order valence-electron chi connectivity index (χ2n) is 6.57. The van der Waals surface area contributed by atoms with Crippen LogP contribution in [0, 0.1) is 17.0 Å². The van der Waals surface area contributed by atoms with Crippen molar-refractivity contribution in [3.63, 3.8) is 0 Å². The topological polar surface area (TPSA) is 57.6 Å². The Morgan fingerprint density at radius 3 is 2.35 bits per heavy atom. The lowest BCUT2D eigenvalue weighted by Gasteiger charge is -2.44. The van der Waals surface area contributed by atoms with Gasteiger partial charge in [-0.1, -0.05) is 12.8 Å². The number of aliphatic carboxylic acids is 1. The molecule has 0 radical (unpaired) electrons. The van der Waals surface area contributed by atoms with Gasteiger partial charge in [0.15, 0.2) is 0 Å². The minimum absolute atomic E-state index is 0.182. The predicted octanol–water partition coefficient (Wildman–Crippen LogP) is 3.27. The molecule has 1 saturated carbocycles. The summed E-state index contributed by atoms with van der Waals surface area (Å²) in [6.07, 6.45) is 4.64. The van der Waals surface area contributed by atoms with Crippen molar-refractivity contribution in [2.45, 2.75) is 44.6 Å². The molecule has 1 saturated heterocycles. The van der Waals surface area contributed by atoms with Gasteiger partial charge >= 0.3 is 5.97 Å². The van der Waals surface area contributed by atoms with Crippen molar-refractivity contribution in [1.29, 1.82) is 0 Å². The van der Waals surface area contributed by atoms with Crippen LogP contribution in [-0.2, 0) is 9.59 Å². The van der Waals surface area contributed by atoms with Gasteiger partial charge in [-0.2, -0.15) is 0 Å². The monoisotopic (exact) mass is 323 g/mol. The summed E-state index contributed by atoms with van der Waals surface area (Å²) in [5, 5.41) is 9.15. The van der Waals surface area contributed by atoms with Gasteiger partial charge in [-0.05, 0) is 43.4 Å². The van der Waals surface area contributed by atoms with E-state index >= 15 is 0 Å². The number of hydrogen-bond donors (Lipinski definition) is 1. The molecule has 1 amide bonds. The highest BCUT2D eigenvalue weighted by Crippen LogP contribution is 2.50. The fourth-order valence-corrected chi connectivity index (χ4v) is 4.08.